The van der Waals surface area contributed by atoms with Crippen molar-refractivity contribution in [3.63, 3.8) is 0 Å². The normalized spacial score (nSPS) is 15.5. The van der Waals surface area contributed by atoms with Gasteiger partial charge in [-0.15, -0.1) is 10.2 Å². The van der Waals surface area contributed by atoms with E-state index in [-0.39, 0.29) is 0 Å². The third-order valence-electron chi connectivity index (χ3n) is 3.41. The van der Waals surface area contributed by atoms with E-state index in [0.717, 1.165) is 43.4 Å². The lowest BCUT2D eigenvalue weighted by Crippen LogP contribution is -2.36. The zero-order valence-corrected chi connectivity index (χ0v) is 11.0. The second-order valence-electron chi connectivity index (χ2n) is 4.69. The molecule has 19 heavy (non-hydrogen) atoms. The Bertz CT molecular complexity index is 548. The van der Waals surface area contributed by atoms with Crippen molar-refractivity contribution in [2.45, 2.75) is 6.92 Å². The summed E-state index contributed by atoms with van der Waals surface area (Å²) in [6.07, 6.45) is 0. The van der Waals surface area contributed by atoms with E-state index in [9.17, 15) is 0 Å². The second-order valence-corrected chi connectivity index (χ2v) is 4.69. The molecule has 1 aliphatic rings. The summed E-state index contributed by atoms with van der Waals surface area (Å²) in [4.78, 5) is 2.21. The average molecular weight is 255 g/mol. The highest BCUT2D eigenvalue weighted by atomic mass is 16.5. The summed E-state index contributed by atoms with van der Waals surface area (Å²) in [7, 11) is 0. The second kappa shape index (κ2) is 5.36. The molecule has 1 saturated heterocycles. The van der Waals surface area contributed by atoms with Gasteiger partial charge in [0.25, 0.3) is 0 Å². The standard InChI is InChI=1S/C15H17N3O/c1-12-4-2-3-5-13(12)14-6-7-15(17-16-14)18-8-10-19-11-9-18/h2-7H,8-11H2,1H3. The monoisotopic (exact) mass is 255 g/mol. The van der Waals surface area contributed by atoms with Crippen LogP contribution in [0.2, 0.25) is 0 Å². The summed E-state index contributed by atoms with van der Waals surface area (Å²) >= 11 is 0. The minimum absolute atomic E-state index is 0.765. The van der Waals surface area contributed by atoms with Crippen LogP contribution < -0.4 is 4.90 Å². The Morgan fingerprint density at radius 1 is 1.00 bits per heavy atom. The zero-order valence-electron chi connectivity index (χ0n) is 11.0. The van der Waals surface area contributed by atoms with Gasteiger partial charge in [0.15, 0.2) is 5.82 Å². The SMILES string of the molecule is Cc1ccccc1-c1ccc(N2CCOCC2)nn1. The highest BCUT2D eigenvalue weighted by Gasteiger charge is 2.13. The lowest BCUT2D eigenvalue weighted by Gasteiger charge is -2.27. The van der Waals surface area contributed by atoms with Gasteiger partial charge >= 0.3 is 0 Å². The summed E-state index contributed by atoms with van der Waals surface area (Å²) in [6.45, 7) is 5.39. The smallest absolute Gasteiger partial charge is 0.151 e. The van der Waals surface area contributed by atoms with Gasteiger partial charge < -0.3 is 9.64 Å². The van der Waals surface area contributed by atoms with E-state index in [0.29, 0.717) is 0 Å². The van der Waals surface area contributed by atoms with Gasteiger partial charge in [0.1, 0.15) is 0 Å². The summed E-state index contributed by atoms with van der Waals surface area (Å²) in [5, 5.41) is 8.69. The zero-order chi connectivity index (χ0) is 13.1. The van der Waals surface area contributed by atoms with Crippen molar-refractivity contribution in [2.75, 3.05) is 31.2 Å². The Balaban J connectivity index is 1.84. The van der Waals surface area contributed by atoms with E-state index < -0.39 is 0 Å². The molecule has 2 heterocycles. The van der Waals surface area contributed by atoms with Crippen LogP contribution in [0.3, 0.4) is 0 Å². The fraction of sp³-hybridized carbons (Fsp3) is 0.333. The Labute approximate surface area is 113 Å². The van der Waals surface area contributed by atoms with Crippen molar-refractivity contribution in [2.24, 2.45) is 0 Å². The maximum absolute atomic E-state index is 5.34. The first kappa shape index (κ1) is 12.1. The van der Waals surface area contributed by atoms with Crippen molar-refractivity contribution >= 4 is 5.82 Å². The van der Waals surface area contributed by atoms with Gasteiger partial charge in [0.05, 0.1) is 18.9 Å². The van der Waals surface area contributed by atoms with Gasteiger partial charge in [0, 0.05) is 18.7 Å². The number of anilines is 1. The molecule has 0 spiro atoms. The van der Waals surface area contributed by atoms with Crippen LogP contribution in [-0.4, -0.2) is 36.5 Å². The van der Waals surface area contributed by atoms with E-state index in [1.165, 1.54) is 5.56 Å². The molecular weight excluding hydrogens is 238 g/mol. The molecule has 1 aromatic carbocycles. The van der Waals surface area contributed by atoms with Gasteiger partial charge in [-0.1, -0.05) is 24.3 Å². The number of benzene rings is 1. The molecule has 0 amide bonds. The number of hydrogen-bond donors (Lipinski definition) is 0. The van der Waals surface area contributed by atoms with Crippen molar-refractivity contribution in [1.29, 1.82) is 0 Å². The molecular formula is C15H17N3O. The first-order chi connectivity index (χ1) is 9.34. The fourth-order valence-electron chi connectivity index (χ4n) is 2.29. The number of aromatic nitrogens is 2. The quantitative estimate of drug-likeness (QED) is 0.825. The Morgan fingerprint density at radius 2 is 1.79 bits per heavy atom. The highest BCUT2D eigenvalue weighted by molar-refractivity contribution is 5.63. The lowest BCUT2D eigenvalue weighted by molar-refractivity contribution is 0.122. The molecule has 0 radical (unpaired) electrons. The van der Waals surface area contributed by atoms with Gasteiger partial charge in [-0.2, -0.15) is 0 Å². The molecule has 0 saturated carbocycles. The topological polar surface area (TPSA) is 38.2 Å². The summed E-state index contributed by atoms with van der Waals surface area (Å²) in [5.41, 5.74) is 3.29. The molecule has 0 unspecified atom stereocenters. The van der Waals surface area contributed by atoms with Crippen LogP contribution in [-0.2, 0) is 4.74 Å². The molecule has 4 nitrogen and oxygen atoms in total. The first-order valence-corrected chi connectivity index (χ1v) is 6.57. The summed E-state index contributed by atoms with van der Waals surface area (Å²) in [5.74, 6) is 0.931. The summed E-state index contributed by atoms with van der Waals surface area (Å²) < 4.78 is 5.34. The van der Waals surface area contributed by atoms with Crippen LogP contribution in [0.15, 0.2) is 36.4 Å². The number of rotatable bonds is 2. The number of ether oxygens (including phenoxy) is 1. The van der Waals surface area contributed by atoms with E-state index in [2.05, 4.69) is 34.2 Å². The number of hydrogen-bond acceptors (Lipinski definition) is 4. The van der Waals surface area contributed by atoms with E-state index >= 15 is 0 Å². The molecule has 0 bridgehead atoms. The van der Waals surface area contributed by atoms with Crippen LogP contribution in [0, 0.1) is 6.92 Å². The van der Waals surface area contributed by atoms with E-state index in [1.807, 2.05) is 24.3 Å². The van der Waals surface area contributed by atoms with Crippen LogP contribution >= 0.6 is 0 Å². The molecule has 0 atom stereocenters. The van der Waals surface area contributed by atoms with E-state index in [1.54, 1.807) is 0 Å². The molecule has 1 aromatic heterocycles. The Kier molecular flexibility index (Phi) is 3.42. The molecule has 0 aliphatic carbocycles. The minimum Gasteiger partial charge on any atom is -0.378 e. The molecule has 3 rings (SSSR count). The highest BCUT2D eigenvalue weighted by Crippen LogP contribution is 2.22. The molecule has 1 fully saturated rings. The van der Waals surface area contributed by atoms with Gasteiger partial charge in [-0.05, 0) is 24.6 Å². The molecule has 98 valence electrons. The Morgan fingerprint density at radius 3 is 2.47 bits per heavy atom. The maximum Gasteiger partial charge on any atom is 0.151 e. The number of morpholine rings is 1. The predicted octanol–water partition coefficient (Wildman–Crippen LogP) is 2.29. The van der Waals surface area contributed by atoms with Crippen molar-refractivity contribution in [1.82, 2.24) is 10.2 Å². The van der Waals surface area contributed by atoms with Crippen LogP contribution in [0.4, 0.5) is 5.82 Å². The van der Waals surface area contributed by atoms with Crippen molar-refractivity contribution < 1.29 is 4.74 Å². The number of aryl methyl sites for hydroxylation is 1. The van der Waals surface area contributed by atoms with Gasteiger partial charge in [-0.25, -0.2) is 0 Å². The van der Waals surface area contributed by atoms with Crippen LogP contribution in [0.1, 0.15) is 5.56 Å². The van der Waals surface area contributed by atoms with Crippen LogP contribution in [0.5, 0.6) is 0 Å². The molecule has 1 aliphatic heterocycles. The summed E-state index contributed by atoms with van der Waals surface area (Å²) in [6, 6.07) is 12.3. The number of nitrogens with zero attached hydrogens (tertiary/aromatic N) is 3. The Hall–Kier alpha value is -1.94. The van der Waals surface area contributed by atoms with E-state index in [4.69, 9.17) is 4.74 Å². The third-order valence-corrected chi connectivity index (χ3v) is 3.41. The molecule has 2 aromatic rings. The van der Waals surface area contributed by atoms with Crippen molar-refractivity contribution in [3.8, 4) is 11.3 Å². The van der Waals surface area contributed by atoms with Crippen LogP contribution in [0.25, 0.3) is 11.3 Å². The maximum atomic E-state index is 5.34. The van der Waals surface area contributed by atoms with Crippen molar-refractivity contribution in [3.05, 3.63) is 42.0 Å². The largest absolute Gasteiger partial charge is 0.378 e. The minimum atomic E-state index is 0.765. The average Bonchev–Trinajstić information content (AvgIpc) is 2.49. The molecule has 0 N–H and O–H groups in total. The lowest BCUT2D eigenvalue weighted by atomic mass is 10.1. The van der Waals surface area contributed by atoms with Gasteiger partial charge in [0.2, 0.25) is 0 Å². The molecule has 4 heteroatoms. The first-order valence-electron chi connectivity index (χ1n) is 6.57. The fourth-order valence-corrected chi connectivity index (χ4v) is 2.29. The predicted molar refractivity (Wildman–Crippen MR) is 75.2 cm³/mol. The third kappa shape index (κ3) is 2.58. The van der Waals surface area contributed by atoms with Gasteiger partial charge in [-0.3, -0.25) is 0 Å².